The Balaban J connectivity index is 2.40. The van der Waals surface area contributed by atoms with E-state index in [1.807, 2.05) is 0 Å². The minimum Gasteiger partial charge on any atom is -0.394 e. The third-order valence-electron chi connectivity index (χ3n) is 2.10. The lowest BCUT2D eigenvalue weighted by Gasteiger charge is -2.09. The summed E-state index contributed by atoms with van der Waals surface area (Å²) in [5.41, 5.74) is 7.31. The van der Waals surface area contributed by atoms with Crippen molar-refractivity contribution in [3.05, 3.63) is 40.8 Å². The Morgan fingerprint density at radius 3 is 2.94 bits per heavy atom. The quantitative estimate of drug-likeness (QED) is 0.887. The van der Waals surface area contributed by atoms with E-state index in [-0.39, 0.29) is 0 Å². The van der Waals surface area contributed by atoms with Gasteiger partial charge in [0.05, 0.1) is 23.1 Å². The number of benzene rings is 1. The normalized spacial score (nSPS) is 9.65. The highest BCUT2D eigenvalue weighted by Gasteiger charge is 2.06. The van der Waals surface area contributed by atoms with Gasteiger partial charge in [0.1, 0.15) is 12.4 Å². The molecular weight excluding hydrogens is 282 g/mol. The Labute approximate surface area is 106 Å². The first-order valence-electron chi connectivity index (χ1n) is 4.73. The molecule has 0 aliphatic rings. The van der Waals surface area contributed by atoms with Gasteiger partial charge >= 0.3 is 0 Å². The number of nitriles is 1. The van der Waals surface area contributed by atoms with E-state index < -0.39 is 0 Å². The first kappa shape index (κ1) is 11.4. The Bertz CT molecular complexity index is 591. The van der Waals surface area contributed by atoms with Crippen LogP contribution in [0.5, 0.6) is 0 Å². The number of nitrogens with one attached hydrogen (secondary N) is 1. The van der Waals surface area contributed by atoms with Gasteiger partial charge in [-0.2, -0.15) is 5.26 Å². The fourth-order valence-corrected chi connectivity index (χ4v) is 1.65. The van der Waals surface area contributed by atoms with E-state index in [1.165, 1.54) is 12.5 Å². The van der Waals surface area contributed by atoms with Gasteiger partial charge in [-0.05, 0) is 18.2 Å². The van der Waals surface area contributed by atoms with Gasteiger partial charge in [0.2, 0.25) is 0 Å². The summed E-state index contributed by atoms with van der Waals surface area (Å²) in [7, 11) is 0. The summed E-state index contributed by atoms with van der Waals surface area (Å²) in [6, 6.07) is 7.40. The summed E-state index contributed by atoms with van der Waals surface area (Å²) in [5, 5.41) is 12.0. The van der Waals surface area contributed by atoms with Crippen LogP contribution in [0.25, 0.3) is 0 Å². The average Bonchev–Trinajstić information content (AvgIpc) is 2.32. The third kappa shape index (κ3) is 2.52. The summed E-state index contributed by atoms with van der Waals surface area (Å²) < 4.78 is 0.867. The number of nitrogens with zero attached hydrogens (tertiary/aromatic N) is 3. The summed E-state index contributed by atoms with van der Waals surface area (Å²) in [4.78, 5) is 7.80. The van der Waals surface area contributed by atoms with Crippen LogP contribution in [0.3, 0.4) is 0 Å². The molecule has 0 amide bonds. The fraction of sp³-hybridized carbons (Fsp3) is 0. The number of halogens is 1. The highest BCUT2D eigenvalue weighted by molar-refractivity contribution is 9.10. The third-order valence-corrected chi connectivity index (χ3v) is 2.59. The number of hydrogen-bond donors (Lipinski definition) is 2. The molecule has 0 unspecified atom stereocenters. The standard InChI is InChI=1S/C11H8BrN5/c12-8-2-1-7(4-13)10(3-8)17-11-9(14)5-15-6-16-11/h1-3,5-6H,14H2,(H,15,16,17). The van der Waals surface area contributed by atoms with E-state index in [0.717, 1.165) is 4.47 Å². The first-order chi connectivity index (χ1) is 8.20. The van der Waals surface area contributed by atoms with Gasteiger partial charge < -0.3 is 11.1 Å². The summed E-state index contributed by atoms with van der Waals surface area (Å²) in [6.45, 7) is 0. The van der Waals surface area contributed by atoms with Gasteiger partial charge in [0, 0.05) is 4.47 Å². The molecule has 0 saturated heterocycles. The molecule has 84 valence electrons. The van der Waals surface area contributed by atoms with Crippen LogP contribution >= 0.6 is 15.9 Å². The van der Waals surface area contributed by atoms with Crippen LogP contribution in [-0.2, 0) is 0 Å². The van der Waals surface area contributed by atoms with Gasteiger partial charge in [0.25, 0.3) is 0 Å². The Morgan fingerprint density at radius 2 is 2.24 bits per heavy atom. The van der Waals surface area contributed by atoms with Gasteiger partial charge in [-0.3, -0.25) is 0 Å². The minimum atomic E-state index is 0.427. The molecule has 0 fully saturated rings. The smallest absolute Gasteiger partial charge is 0.157 e. The second kappa shape index (κ2) is 4.80. The molecule has 6 heteroatoms. The van der Waals surface area contributed by atoms with E-state index in [2.05, 4.69) is 37.3 Å². The molecular formula is C11H8BrN5. The van der Waals surface area contributed by atoms with Crippen LogP contribution in [0.2, 0.25) is 0 Å². The lowest BCUT2D eigenvalue weighted by Crippen LogP contribution is -2.01. The van der Waals surface area contributed by atoms with Crippen LogP contribution < -0.4 is 11.1 Å². The molecule has 1 heterocycles. The molecule has 17 heavy (non-hydrogen) atoms. The molecule has 2 rings (SSSR count). The number of anilines is 3. The summed E-state index contributed by atoms with van der Waals surface area (Å²) >= 11 is 3.34. The largest absolute Gasteiger partial charge is 0.394 e. The molecule has 5 nitrogen and oxygen atoms in total. The van der Waals surface area contributed by atoms with Crippen LogP contribution in [-0.4, -0.2) is 9.97 Å². The molecule has 1 aromatic carbocycles. The van der Waals surface area contributed by atoms with Gasteiger partial charge in [-0.25, -0.2) is 9.97 Å². The van der Waals surface area contributed by atoms with E-state index >= 15 is 0 Å². The Morgan fingerprint density at radius 1 is 1.41 bits per heavy atom. The van der Waals surface area contributed by atoms with Crippen molar-refractivity contribution in [1.82, 2.24) is 9.97 Å². The molecule has 0 aliphatic heterocycles. The zero-order valence-corrected chi connectivity index (χ0v) is 10.3. The van der Waals surface area contributed by atoms with E-state index in [4.69, 9.17) is 11.0 Å². The zero-order valence-electron chi connectivity index (χ0n) is 8.68. The number of nitrogens with two attached hydrogens (primary N) is 1. The molecule has 0 aliphatic carbocycles. The van der Waals surface area contributed by atoms with Crippen LogP contribution in [0.15, 0.2) is 35.2 Å². The van der Waals surface area contributed by atoms with Crippen LogP contribution in [0.1, 0.15) is 5.56 Å². The number of hydrogen-bond acceptors (Lipinski definition) is 5. The van der Waals surface area contributed by atoms with E-state index in [1.54, 1.807) is 18.2 Å². The van der Waals surface area contributed by atoms with E-state index in [9.17, 15) is 0 Å². The van der Waals surface area contributed by atoms with Crippen LogP contribution in [0, 0.1) is 11.3 Å². The molecule has 0 atom stereocenters. The first-order valence-corrected chi connectivity index (χ1v) is 5.52. The van der Waals surface area contributed by atoms with Crippen molar-refractivity contribution in [2.75, 3.05) is 11.1 Å². The molecule has 1 aromatic heterocycles. The fourth-order valence-electron chi connectivity index (χ4n) is 1.29. The number of rotatable bonds is 2. The maximum Gasteiger partial charge on any atom is 0.157 e. The monoisotopic (exact) mass is 289 g/mol. The molecule has 0 bridgehead atoms. The molecule has 0 radical (unpaired) electrons. The molecule has 0 saturated carbocycles. The topological polar surface area (TPSA) is 87.6 Å². The number of nitrogen functional groups attached to an aromatic ring is 1. The van der Waals surface area contributed by atoms with Crippen molar-refractivity contribution < 1.29 is 0 Å². The molecule has 3 N–H and O–H groups in total. The maximum absolute atomic E-state index is 8.99. The lowest BCUT2D eigenvalue weighted by molar-refractivity contribution is 1.17. The van der Waals surface area contributed by atoms with Crippen LogP contribution in [0.4, 0.5) is 17.2 Å². The van der Waals surface area contributed by atoms with Gasteiger partial charge in [0.15, 0.2) is 5.82 Å². The highest BCUT2D eigenvalue weighted by Crippen LogP contribution is 2.25. The lowest BCUT2D eigenvalue weighted by atomic mass is 10.2. The average molecular weight is 290 g/mol. The van der Waals surface area contributed by atoms with Crippen molar-refractivity contribution in [2.45, 2.75) is 0 Å². The zero-order chi connectivity index (χ0) is 12.3. The van der Waals surface area contributed by atoms with Crippen molar-refractivity contribution in [3.63, 3.8) is 0 Å². The molecule has 0 spiro atoms. The minimum absolute atomic E-state index is 0.427. The maximum atomic E-state index is 8.99. The van der Waals surface area contributed by atoms with Crippen molar-refractivity contribution in [1.29, 1.82) is 5.26 Å². The van der Waals surface area contributed by atoms with Gasteiger partial charge in [-0.15, -0.1) is 0 Å². The predicted octanol–water partition coefficient (Wildman–Crippen LogP) is 2.44. The van der Waals surface area contributed by atoms with E-state index in [0.29, 0.717) is 22.8 Å². The highest BCUT2D eigenvalue weighted by atomic mass is 79.9. The second-order valence-corrected chi connectivity index (χ2v) is 4.17. The Kier molecular flexibility index (Phi) is 3.21. The van der Waals surface area contributed by atoms with Crippen molar-refractivity contribution in [2.24, 2.45) is 0 Å². The second-order valence-electron chi connectivity index (χ2n) is 3.25. The summed E-state index contributed by atoms with van der Waals surface area (Å²) in [6.07, 6.45) is 2.89. The van der Waals surface area contributed by atoms with Crippen molar-refractivity contribution in [3.8, 4) is 6.07 Å². The molecule has 2 aromatic rings. The summed E-state index contributed by atoms with van der Waals surface area (Å²) in [5.74, 6) is 0.481. The predicted molar refractivity (Wildman–Crippen MR) is 68.6 cm³/mol. The Hall–Kier alpha value is -2.13. The van der Waals surface area contributed by atoms with Gasteiger partial charge in [-0.1, -0.05) is 15.9 Å². The van der Waals surface area contributed by atoms with Crippen molar-refractivity contribution >= 4 is 33.1 Å². The SMILES string of the molecule is N#Cc1ccc(Br)cc1Nc1ncncc1N. The number of aromatic nitrogens is 2.